The second-order valence-electron chi connectivity index (χ2n) is 4.53. The molecule has 16 heavy (non-hydrogen) atoms. The summed E-state index contributed by atoms with van der Waals surface area (Å²) in [5.41, 5.74) is 0. The van der Waals surface area contributed by atoms with Crippen molar-refractivity contribution in [2.45, 2.75) is 19.3 Å². The lowest BCUT2D eigenvalue weighted by molar-refractivity contribution is 0.360. The molecular weight excluding hydrogens is 284 g/mol. The van der Waals surface area contributed by atoms with Gasteiger partial charge in [0.25, 0.3) is 0 Å². The second-order valence-corrected chi connectivity index (χ2v) is 6.33. The molecule has 0 radical (unpaired) electrons. The van der Waals surface area contributed by atoms with Crippen molar-refractivity contribution in [1.82, 2.24) is 5.32 Å². The van der Waals surface area contributed by atoms with E-state index in [0.29, 0.717) is 0 Å². The number of anilines is 1. The zero-order chi connectivity index (χ0) is 11.4. The third-order valence-electron chi connectivity index (χ3n) is 3.20. The minimum atomic E-state index is 0.875. The van der Waals surface area contributed by atoms with Crippen LogP contribution in [0.25, 0.3) is 0 Å². The Morgan fingerprint density at radius 2 is 2.50 bits per heavy atom. The fourth-order valence-corrected chi connectivity index (χ4v) is 3.58. The summed E-state index contributed by atoms with van der Waals surface area (Å²) in [5.74, 6) is 0.875. The summed E-state index contributed by atoms with van der Waals surface area (Å²) in [6, 6.07) is 2.20. The van der Waals surface area contributed by atoms with Crippen molar-refractivity contribution < 1.29 is 0 Å². The Kier molecular flexibility index (Phi) is 4.67. The van der Waals surface area contributed by atoms with Crippen LogP contribution in [0.2, 0.25) is 0 Å². The number of nitrogens with one attached hydrogen (secondary N) is 1. The highest BCUT2D eigenvalue weighted by atomic mass is 79.9. The summed E-state index contributed by atoms with van der Waals surface area (Å²) in [4.78, 5) is 2.37. The Hall–Kier alpha value is -0.0600. The van der Waals surface area contributed by atoms with Gasteiger partial charge in [0.1, 0.15) is 0 Å². The molecule has 1 aromatic heterocycles. The molecule has 1 atom stereocenters. The van der Waals surface area contributed by atoms with Gasteiger partial charge in [0.15, 0.2) is 0 Å². The van der Waals surface area contributed by atoms with Gasteiger partial charge < -0.3 is 10.2 Å². The van der Waals surface area contributed by atoms with Crippen molar-refractivity contribution >= 4 is 32.3 Å². The van der Waals surface area contributed by atoms with E-state index in [1.54, 1.807) is 0 Å². The first-order chi connectivity index (χ1) is 7.75. The lowest BCUT2D eigenvalue weighted by atomic mass is 9.96. The van der Waals surface area contributed by atoms with Crippen LogP contribution in [0, 0.1) is 5.92 Å². The minimum absolute atomic E-state index is 0.875. The highest BCUT2D eigenvalue weighted by molar-refractivity contribution is 9.10. The van der Waals surface area contributed by atoms with E-state index in [9.17, 15) is 0 Å². The van der Waals surface area contributed by atoms with Crippen molar-refractivity contribution in [2.24, 2.45) is 5.92 Å². The Morgan fingerprint density at radius 1 is 1.62 bits per heavy atom. The van der Waals surface area contributed by atoms with Crippen LogP contribution in [0.15, 0.2) is 15.9 Å². The summed E-state index contributed by atoms with van der Waals surface area (Å²) < 4.78 is 1.19. The maximum absolute atomic E-state index is 3.50. The molecule has 0 bridgehead atoms. The summed E-state index contributed by atoms with van der Waals surface area (Å²) in [5, 5.41) is 6.98. The highest BCUT2D eigenvalue weighted by Gasteiger charge is 2.13. The van der Waals surface area contributed by atoms with E-state index >= 15 is 0 Å². The first-order valence-electron chi connectivity index (χ1n) is 5.91. The van der Waals surface area contributed by atoms with Gasteiger partial charge in [-0.15, -0.1) is 11.3 Å². The molecule has 2 heterocycles. The van der Waals surface area contributed by atoms with Crippen LogP contribution in [-0.4, -0.2) is 26.7 Å². The molecule has 0 aromatic carbocycles. The van der Waals surface area contributed by atoms with Crippen LogP contribution < -0.4 is 10.2 Å². The van der Waals surface area contributed by atoms with Crippen LogP contribution in [0.4, 0.5) is 5.00 Å². The maximum atomic E-state index is 3.50. The number of hydrogen-bond donors (Lipinski definition) is 1. The number of piperidine rings is 1. The summed E-state index contributed by atoms with van der Waals surface area (Å²) >= 11 is 5.31. The standard InChI is InChI=1S/C12H19BrN2S/c1-15(12-7-11(13)9-16-12)6-4-10-3-2-5-14-8-10/h7,9-10,14H,2-6,8H2,1H3. The molecule has 2 rings (SSSR count). The number of halogens is 1. The largest absolute Gasteiger partial charge is 0.366 e. The predicted octanol–water partition coefficient (Wildman–Crippen LogP) is 3.34. The predicted molar refractivity (Wildman–Crippen MR) is 75.5 cm³/mol. The normalized spacial score (nSPS) is 21.0. The minimum Gasteiger partial charge on any atom is -0.366 e. The van der Waals surface area contributed by atoms with E-state index in [-0.39, 0.29) is 0 Å². The maximum Gasteiger partial charge on any atom is 0.0917 e. The highest BCUT2D eigenvalue weighted by Crippen LogP contribution is 2.28. The van der Waals surface area contributed by atoms with Gasteiger partial charge in [0.05, 0.1) is 5.00 Å². The monoisotopic (exact) mass is 302 g/mol. The number of nitrogens with zero attached hydrogens (tertiary/aromatic N) is 1. The lowest BCUT2D eigenvalue weighted by Crippen LogP contribution is -2.32. The molecule has 2 nitrogen and oxygen atoms in total. The summed E-state index contributed by atoms with van der Waals surface area (Å²) in [6.07, 6.45) is 4.05. The van der Waals surface area contributed by atoms with Gasteiger partial charge in [0.2, 0.25) is 0 Å². The van der Waals surface area contributed by atoms with Gasteiger partial charge in [-0.25, -0.2) is 0 Å². The Labute approximate surface area is 110 Å². The molecule has 0 saturated carbocycles. The van der Waals surface area contributed by atoms with E-state index < -0.39 is 0 Å². The zero-order valence-corrected chi connectivity index (χ0v) is 12.1. The third-order valence-corrected chi connectivity index (χ3v) is 5.01. The van der Waals surface area contributed by atoms with E-state index in [0.717, 1.165) is 5.92 Å². The molecule has 90 valence electrons. The molecule has 4 heteroatoms. The molecule has 1 aromatic rings. The molecule has 1 unspecified atom stereocenters. The van der Waals surface area contributed by atoms with Crippen molar-refractivity contribution in [3.63, 3.8) is 0 Å². The van der Waals surface area contributed by atoms with Crippen LogP contribution in [0.1, 0.15) is 19.3 Å². The molecule has 0 amide bonds. The molecular formula is C12H19BrN2S. The fourth-order valence-electron chi connectivity index (χ4n) is 2.16. The first kappa shape index (κ1) is 12.4. The molecule has 1 saturated heterocycles. The molecule has 0 spiro atoms. The summed E-state index contributed by atoms with van der Waals surface area (Å²) in [6.45, 7) is 3.59. The van der Waals surface area contributed by atoms with Gasteiger partial charge in [0, 0.05) is 23.4 Å². The first-order valence-corrected chi connectivity index (χ1v) is 7.59. The number of hydrogen-bond acceptors (Lipinski definition) is 3. The molecule has 1 fully saturated rings. The van der Waals surface area contributed by atoms with Crippen LogP contribution in [-0.2, 0) is 0 Å². The number of rotatable bonds is 4. The quantitative estimate of drug-likeness (QED) is 0.918. The van der Waals surface area contributed by atoms with E-state index in [4.69, 9.17) is 0 Å². The van der Waals surface area contributed by atoms with Gasteiger partial charge in [-0.2, -0.15) is 0 Å². The fraction of sp³-hybridized carbons (Fsp3) is 0.667. The van der Waals surface area contributed by atoms with Crippen molar-refractivity contribution in [3.05, 3.63) is 15.9 Å². The molecule has 0 aliphatic carbocycles. The molecule has 1 aliphatic heterocycles. The van der Waals surface area contributed by atoms with Gasteiger partial charge in [-0.3, -0.25) is 0 Å². The van der Waals surface area contributed by atoms with Crippen molar-refractivity contribution in [2.75, 3.05) is 31.6 Å². The van der Waals surface area contributed by atoms with Crippen LogP contribution >= 0.6 is 27.3 Å². The lowest BCUT2D eigenvalue weighted by Gasteiger charge is -2.25. The summed E-state index contributed by atoms with van der Waals surface area (Å²) in [7, 11) is 2.19. The van der Waals surface area contributed by atoms with Crippen molar-refractivity contribution in [3.8, 4) is 0 Å². The zero-order valence-electron chi connectivity index (χ0n) is 9.71. The third kappa shape index (κ3) is 3.47. The van der Waals surface area contributed by atoms with Gasteiger partial charge in [-0.05, 0) is 60.3 Å². The van der Waals surface area contributed by atoms with Gasteiger partial charge >= 0.3 is 0 Å². The van der Waals surface area contributed by atoms with Crippen molar-refractivity contribution in [1.29, 1.82) is 0 Å². The Balaban J connectivity index is 1.76. The van der Waals surface area contributed by atoms with Gasteiger partial charge in [-0.1, -0.05) is 0 Å². The van der Waals surface area contributed by atoms with E-state index in [1.165, 1.54) is 48.4 Å². The average molecular weight is 303 g/mol. The second kappa shape index (κ2) is 6.03. The molecule has 1 N–H and O–H groups in total. The van der Waals surface area contributed by atoms with E-state index in [1.807, 2.05) is 11.3 Å². The average Bonchev–Trinajstić information content (AvgIpc) is 2.74. The van der Waals surface area contributed by atoms with Crippen LogP contribution in [0.5, 0.6) is 0 Å². The Bertz CT molecular complexity index is 321. The molecule has 1 aliphatic rings. The van der Waals surface area contributed by atoms with Crippen LogP contribution in [0.3, 0.4) is 0 Å². The smallest absolute Gasteiger partial charge is 0.0917 e. The Morgan fingerprint density at radius 3 is 3.12 bits per heavy atom. The number of thiophene rings is 1. The topological polar surface area (TPSA) is 15.3 Å². The SMILES string of the molecule is CN(CCC1CCCNC1)c1cc(Br)cs1. The van der Waals surface area contributed by atoms with E-state index in [2.05, 4.69) is 44.6 Å².